The third-order valence-corrected chi connectivity index (χ3v) is 5.41. The van der Waals surface area contributed by atoms with E-state index in [0.29, 0.717) is 12.8 Å². The Morgan fingerprint density at radius 2 is 2.00 bits per heavy atom. The van der Waals surface area contributed by atoms with E-state index in [9.17, 15) is 18.3 Å². The molecular formula is C13H18N2O5S. The van der Waals surface area contributed by atoms with Crippen LogP contribution in [0.3, 0.4) is 0 Å². The number of ether oxygens (including phenoxy) is 1. The minimum atomic E-state index is -3.82. The van der Waals surface area contributed by atoms with Gasteiger partial charge in [-0.25, -0.2) is 13.2 Å². The largest absolute Gasteiger partial charge is 0.465 e. The SMILES string of the molecule is COC(=O)c1cc(N)ccc1S(=O)(=O)N1CCC(O)CC1. The highest BCUT2D eigenvalue weighted by Crippen LogP contribution is 2.25. The number of carbonyl (C=O) groups excluding carboxylic acids is 1. The quantitative estimate of drug-likeness (QED) is 0.609. The Kier molecular flexibility index (Phi) is 4.50. The van der Waals surface area contributed by atoms with Gasteiger partial charge < -0.3 is 15.6 Å². The van der Waals surface area contributed by atoms with E-state index in [1.807, 2.05) is 0 Å². The summed E-state index contributed by atoms with van der Waals surface area (Å²) in [6.07, 6.45) is 0.270. The van der Waals surface area contributed by atoms with Crippen LogP contribution in [0.15, 0.2) is 23.1 Å². The highest BCUT2D eigenvalue weighted by molar-refractivity contribution is 7.89. The maximum atomic E-state index is 12.6. The first-order valence-corrected chi connectivity index (χ1v) is 7.96. The van der Waals surface area contributed by atoms with Crippen LogP contribution in [0.5, 0.6) is 0 Å². The Bertz CT molecular complexity index is 636. The molecule has 1 aromatic rings. The van der Waals surface area contributed by atoms with Crippen molar-refractivity contribution in [1.29, 1.82) is 0 Å². The number of sulfonamides is 1. The van der Waals surface area contributed by atoms with E-state index in [-0.39, 0.29) is 29.2 Å². The number of aliphatic hydroxyl groups is 1. The number of nitrogens with two attached hydrogens (primary N) is 1. The number of nitrogens with zero attached hydrogens (tertiary/aromatic N) is 1. The number of anilines is 1. The molecule has 0 spiro atoms. The summed E-state index contributed by atoms with van der Waals surface area (Å²) < 4.78 is 31.2. The molecule has 21 heavy (non-hydrogen) atoms. The van der Waals surface area contributed by atoms with E-state index in [0.717, 1.165) is 0 Å². The molecule has 1 saturated heterocycles. The van der Waals surface area contributed by atoms with Crippen molar-refractivity contribution in [2.75, 3.05) is 25.9 Å². The van der Waals surface area contributed by atoms with E-state index >= 15 is 0 Å². The lowest BCUT2D eigenvalue weighted by Gasteiger charge is -2.29. The van der Waals surface area contributed by atoms with Gasteiger partial charge in [-0.1, -0.05) is 0 Å². The second-order valence-electron chi connectivity index (χ2n) is 4.88. The molecule has 0 bridgehead atoms. The molecule has 0 amide bonds. The van der Waals surface area contributed by atoms with E-state index in [4.69, 9.17) is 5.73 Å². The molecule has 1 aliphatic heterocycles. The zero-order valence-corrected chi connectivity index (χ0v) is 12.5. The molecule has 1 aromatic carbocycles. The van der Waals surface area contributed by atoms with Gasteiger partial charge in [0.25, 0.3) is 0 Å². The minimum Gasteiger partial charge on any atom is -0.465 e. The van der Waals surface area contributed by atoms with E-state index in [1.165, 1.54) is 29.6 Å². The number of aliphatic hydroxyl groups excluding tert-OH is 1. The monoisotopic (exact) mass is 314 g/mol. The number of nitrogen functional groups attached to an aromatic ring is 1. The maximum Gasteiger partial charge on any atom is 0.339 e. The fourth-order valence-corrected chi connectivity index (χ4v) is 3.89. The van der Waals surface area contributed by atoms with Crippen LogP contribution in [0.4, 0.5) is 5.69 Å². The molecule has 2 rings (SSSR count). The Balaban J connectivity index is 2.42. The van der Waals surface area contributed by atoms with Gasteiger partial charge in [0.2, 0.25) is 10.0 Å². The predicted octanol–water partition coefficient (Wildman–Crippen LogP) is 0.201. The Morgan fingerprint density at radius 1 is 1.38 bits per heavy atom. The van der Waals surface area contributed by atoms with Crippen LogP contribution in [-0.2, 0) is 14.8 Å². The topological polar surface area (TPSA) is 110 Å². The third kappa shape index (κ3) is 3.17. The predicted molar refractivity (Wildman–Crippen MR) is 76.2 cm³/mol. The number of hydrogen-bond acceptors (Lipinski definition) is 6. The molecule has 0 unspecified atom stereocenters. The van der Waals surface area contributed by atoms with Gasteiger partial charge in [0, 0.05) is 18.8 Å². The average Bonchev–Trinajstić information content (AvgIpc) is 2.46. The van der Waals surface area contributed by atoms with Crippen LogP contribution in [0.1, 0.15) is 23.2 Å². The summed E-state index contributed by atoms with van der Waals surface area (Å²) in [5.41, 5.74) is 5.81. The molecule has 1 heterocycles. The van der Waals surface area contributed by atoms with Gasteiger partial charge in [-0.15, -0.1) is 0 Å². The molecule has 0 atom stereocenters. The van der Waals surface area contributed by atoms with Crippen LogP contribution in [0.2, 0.25) is 0 Å². The highest BCUT2D eigenvalue weighted by Gasteiger charge is 2.32. The highest BCUT2D eigenvalue weighted by atomic mass is 32.2. The van der Waals surface area contributed by atoms with Crippen molar-refractivity contribution in [3.05, 3.63) is 23.8 Å². The van der Waals surface area contributed by atoms with E-state index in [1.54, 1.807) is 0 Å². The molecule has 0 aromatic heterocycles. The molecule has 8 heteroatoms. The number of benzene rings is 1. The number of carbonyl (C=O) groups is 1. The van der Waals surface area contributed by atoms with E-state index in [2.05, 4.69) is 4.74 Å². The summed E-state index contributed by atoms with van der Waals surface area (Å²) in [6, 6.07) is 4.03. The van der Waals surface area contributed by atoms with Crippen molar-refractivity contribution in [1.82, 2.24) is 4.31 Å². The number of esters is 1. The second-order valence-corrected chi connectivity index (χ2v) is 6.79. The first kappa shape index (κ1) is 15.7. The zero-order valence-electron chi connectivity index (χ0n) is 11.7. The summed E-state index contributed by atoms with van der Waals surface area (Å²) in [5.74, 6) is -0.752. The van der Waals surface area contributed by atoms with Gasteiger partial charge >= 0.3 is 5.97 Å². The van der Waals surface area contributed by atoms with Crippen molar-refractivity contribution in [3.63, 3.8) is 0 Å². The molecule has 116 valence electrons. The minimum absolute atomic E-state index is 0.0800. The maximum absolute atomic E-state index is 12.6. The van der Waals surface area contributed by atoms with Gasteiger partial charge in [-0.05, 0) is 31.0 Å². The third-order valence-electron chi connectivity index (χ3n) is 3.45. The average molecular weight is 314 g/mol. The second kappa shape index (κ2) is 6.00. The van der Waals surface area contributed by atoms with Gasteiger partial charge in [-0.2, -0.15) is 4.31 Å². The van der Waals surface area contributed by atoms with Crippen molar-refractivity contribution >= 4 is 21.7 Å². The molecule has 1 aliphatic rings. The number of rotatable bonds is 3. The summed E-state index contributed by atoms with van der Waals surface area (Å²) in [4.78, 5) is 11.6. The first-order valence-electron chi connectivity index (χ1n) is 6.52. The van der Waals surface area contributed by atoms with Gasteiger partial charge in [-0.3, -0.25) is 0 Å². The smallest absolute Gasteiger partial charge is 0.339 e. The molecule has 0 saturated carbocycles. The number of hydrogen-bond donors (Lipinski definition) is 2. The van der Waals surface area contributed by atoms with Gasteiger partial charge in [0.1, 0.15) is 0 Å². The van der Waals surface area contributed by atoms with Gasteiger partial charge in [0.05, 0.1) is 23.7 Å². The van der Waals surface area contributed by atoms with Crippen LogP contribution in [-0.4, -0.2) is 50.1 Å². The van der Waals surface area contributed by atoms with Crippen LogP contribution in [0.25, 0.3) is 0 Å². The van der Waals surface area contributed by atoms with Crippen molar-refractivity contribution in [2.45, 2.75) is 23.8 Å². The fraction of sp³-hybridized carbons (Fsp3) is 0.462. The standard InChI is InChI=1S/C13H18N2O5S/c1-20-13(17)11-8-9(14)2-3-12(11)21(18,19)15-6-4-10(16)5-7-15/h2-3,8,10,16H,4-7,14H2,1H3. The molecule has 1 fully saturated rings. The molecular weight excluding hydrogens is 296 g/mol. The fourth-order valence-electron chi connectivity index (χ4n) is 2.26. The Morgan fingerprint density at radius 3 is 2.57 bits per heavy atom. The summed E-state index contributed by atoms with van der Waals surface area (Å²) >= 11 is 0. The van der Waals surface area contributed by atoms with Crippen molar-refractivity contribution < 1.29 is 23.1 Å². The Hall–Kier alpha value is -1.64. The lowest BCUT2D eigenvalue weighted by atomic mass is 10.1. The summed E-state index contributed by atoms with van der Waals surface area (Å²) in [5, 5.41) is 9.47. The molecule has 0 aliphatic carbocycles. The summed E-state index contributed by atoms with van der Waals surface area (Å²) in [7, 11) is -2.64. The normalized spacial score (nSPS) is 17.6. The van der Waals surface area contributed by atoms with Crippen molar-refractivity contribution in [3.8, 4) is 0 Å². The van der Waals surface area contributed by atoms with Gasteiger partial charge in [0.15, 0.2) is 0 Å². The molecule has 3 N–H and O–H groups in total. The lowest BCUT2D eigenvalue weighted by molar-refractivity contribution is 0.0595. The molecule has 0 radical (unpaired) electrons. The van der Waals surface area contributed by atoms with Crippen LogP contribution < -0.4 is 5.73 Å². The Labute approximate surface area is 123 Å². The summed E-state index contributed by atoms with van der Waals surface area (Å²) in [6.45, 7) is 0.434. The number of methoxy groups -OCH3 is 1. The number of piperidine rings is 1. The zero-order chi connectivity index (χ0) is 15.6. The first-order chi connectivity index (χ1) is 9.86. The lowest BCUT2D eigenvalue weighted by Crippen LogP contribution is -2.40. The van der Waals surface area contributed by atoms with Crippen molar-refractivity contribution in [2.24, 2.45) is 0 Å². The molecule has 7 nitrogen and oxygen atoms in total. The van der Waals surface area contributed by atoms with E-state index < -0.39 is 22.1 Å². The van der Waals surface area contributed by atoms with Crippen LogP contribution >= 0.6 is 0 Å². The van der Waals surface area contributed by atoms with Crippen LogP contribution in [0, 0.1) is 0 Å².